The first-order valence-corrected chi connectivity index (χ1v) is 5.47. The summed E-state index contributed by atoms with van der Waals surface area (Å²) in [7, 11) is -2.24. The van der Waals surface area contributed by atoms with Crippen LogP contribution in [0.15, 0.2) is 30.3 Å². The van der Waals surface area contributed by atoms with E-state index in [2.05, 4.69) is 0 Å². The molecule has 1 aliphatic rings. The third-order valence-corrected chi connectivity index (χ3v) is 2.93. The minimum Gasteiger partial charge on any atom is -0.311 e. The average Bonchev–Trinajstić information content (AvgIpc) is 2.19. The summed E-state index contributed by atoms with van der Waals surface area (Å²) in [6.07, 6.45) is 0.724. The van der Waals surface area contributed by atoms with Gasteiger partial charge in [-0.1, -0.05) is 30.3 Å². The fourth-order valence-electron chi connectivity index (χ4n) is 1.36. The molecule has 2 unspecified atom stereocenters. The second-order valence-corrected chi connectivity index (χ2v) is 3.93. The highest BCUT2D eigenvalue weighted by Gasteiger charge is 2.20. The van der Waals surface area contributed by atoms with E-state index in [1.165, 1.54) is 0 Å². The van der Waals surface area contributed by atoms with Crippen molar-refractivity contribution in [2.75, 3.05) is 6.61 Å². The van der Waals surface area contributed by atoms with Crippen LogP contribution in [0.1, 0.15) is 18.1 Å². The van der Waals surface area contributed by atoms with E-state index < -0.39 is 8.25 Å². The Balaban J connectivity index is 2.13. The summed E-state index contributed by atoms with van der Waals surface area (Å²) in [5.74, 6) is 0. The van der Waals surface area contributed by atoms with Crippen molar-refractivity contribution in [3.05, 3.63) is 35.9 Å². The Hall–Kier alpha value is -0.630. The Kier molecular flexibility index (Phi) is 2.79. The highest BCUT2D eigenvalue weighted by molar-refractivity contribution is 7.33. The third-order valence-electron chi connectivity index (χ3n) is 2.01. The first-order chi connectivity index (χ1) is 6.36. The molecule has 0 bridgehead atoms. The summed E-state index contributed by atoms with van der Waals surface area (Å²) in [5, 5.41) is 0. The lowest BCUT2D eigenvalue weighted by Gasteiger charge is -2.22. The van der Waals surface area contributed by atoms with E-state index in [0.29, 0.717) is 6.61 Å². The van der Waals surface area contributed by atoms with Crippen LogP contribution < -0.4 is 0 Å². The van der Waals surface area contributed by atoms with E-state index in [-0.39, 0.29) is 6.10 Å². The van der Waals surface area contributed by atoms with Gasteiger partial charge in [-0.2, -0.15) is 0 Å². The van der Waals surface area contributed by atoms with Gasteiger partial charge in [0.05, 0.1) is 12.7 Å². The molecule has 0 N–H and O–H groups in total. The van der Waals surface area contributed by atoms with Gasteiger partial charge in [0.25, 0.3) is 0 Å². The van der Waals surface area contributed by atoms with E-state index in [1.54, 1.807) is 0 Å². The summed E-state index contributed by atoms with van der Waals surface area (Å²) in [6, 6.07) is 9.80. The minimum absolute atomic E-state index is 0.0543. The average molecular weight is 198 g/mol. The van der Waals surface area contributed by atoms with Gasteiger partial charge in [0.2, 0.25) is 0 Å². The van der Waals surface area contributed by atoms with Gasteiger partial charge in [-0.3, -0.25) is 4.57 Å². The molecular formula is C9H11O3P. The van der Waals surface area contributed by atoms with Crippen LogP contribution in [-0.2, 0) is 13.6 Å². The molecule has 0 aromatic heterocycles. The van der Waals surface area contributed by atoms with Crippen molar-refractivity contribution in [1.29, 1.82) is 0 Å². The summed E-state index contributed by atoms with van der Waals surface area (Å²) in [4.78, 5) is 0. The highest BCUT2D eigenvalue weighted by atomic mass is 31.1. The summed E-state index contributed by atoms with van der Waals surface area (Å²) >= 11 is 0. The molecule has 0 spiro atoms. The molecule has 13 heavy (non-hydrogen) atoms. The molecular weight excluding hydrogens is 187 g/mol. The Bertz CT molecular complexity index is 299. The second-order valence-electron chi connectivity index (χ2n) is 2.90. The SMILES string of the molecule is O=[PH]1OCCC(c2ccccc2)O1. The number of rotatable bonds is 1. The maximum atomic E-state index is 11.0. The van der Waals surface area contributed by atoms with Crippen LogP contribution in [0.4, 0.5) is 0 Å². The van der Waals surface area contributed by atoms with Gasteiger partial charge in [-0.25, -0.2) is 0 Å². The molecule has 0 radical (unpaired) electrons. The Morgan fingerprint density at radius 1 is 1.31 bits per heavy atom. The summed E-state index contributed by atoms with van der Waals surface area (Å²) in [6.45, 7) is 0.525. The van der Waals surface area contributed by atoms with Crippen LogP contribution in [0.5, 0.6) is 0 Å². The standard InChI is InChI=1S/C9H11O3P/c10-13-11-7-6-9(12-13)8-4-2-1-3-5-8/h1-5,9,13H,6-7H2. The molecule has 3 nitrogen and oxygen atoms in total. The van der Waals surface area contributed by atoms with Gasteiger partial charge in [0.15, 0.2) is 0 Å². The van der Waals surface area contributed by atoms with Crippen LogP contribution in [0.2, 0.25) is 0 Å². The first-order valence-electron chi connectivity index (χ1n) is 4.24. The zero-order valence-corrected chi connectivity index (χ0v) is 8.10. The van der Waals surface area contributed by atoms with Crippen LogP contribution in [0, 0.1) is 0 Å². The highest BCUT2D eigenvalue weighted by Crippen LogP contribution is 2.39. The van der Waals surface area contributed by atoms with E-state index in [4.69, 9.17) is 9.05 Å². The van der Waals surface area contributed by atoms with Gasteiger partial charge >= 0.3 is 8.25 Å². The van der Waals surface area contributed by atoms with Crippen molar-refractivity contribution in [3.8, 4) is 0 Å². The van der Waals surface area contributed by atoms with Gasteiger partial charge < -0.3 is 9.05 Å². The smallest absolute Gasteiger partial charge is 0.311 e. The van der Waals surface area contributed by atoms with E-state index in [9.17, 15) is 4.57 Å². The lowest BCUT2D eigenvalue weighted by atomic mass is 10.1. The van der Waals surface area contributed by atoms with Gasteiger partial charge in [0.1, 0.15) is 0 Å². The maximum absolute atomic E-state index is 11.0. The molecule has 0 aliphatic carbocycles. The fraction of sp³-hybridized carbons (Fsp3) is 0.333. The van der Waals surface area contributed by atoms with Crippen LogP contribution in [0.3, 0.4) is 0 Å². The zero-order valence-electron chi connectivity index (χ0n) is 7.10. The van der Waals surface area contributed by atoms with Gasteiger partial charge in [0, 0.05) is 6.42 Å². The molecule has 1 aromatic rings. The minimum atomic E-state index is -2.24. The summed E-state index contributed by atoms with van der Waals surface area (Å²) < 4.78 is 21.0. The lowest BCUT2D eigenvalue weighted by Crippen LogP contribution is -2.08. The molecule has 1 aliphatic heterocycles. The maximum Gasteiger partial charge on any atom is 0.319 e. The molecule has 0 amide bonds. The lowest BCUT2D eigenvalue weighted by molar-refractivity contribution is 0.0968. The summed E-state index contributed by atoms with van der Waals surface area (Å²) in [5.41, 5.74) is 1.07. The first kappa shape index (κ1) is 8.95. The Morgan fingerprint density at radius 2 is 2.08 bits per heavy atom. The Morgan fingerprint density at radius 3 is 2.77 bits per heavy atom. The normalized spacial score (nSPS) is 28.6. The topological polar surface area (TPSA) is 35.5 Å². The van der Waals surface area contributed by atoms with E-state index in [0.717, 1.165) is 12.0 Å². The molecule has 2 rings (SSSR count). The van der Waals surface area contributed by atoms with Crippen LogP contribution >= 0.6 is 8.25 Å². The van der Waals surface area contributed by atoms with Crippen molar-refractivity contribution >= 4 is 8.25 Å². The van der Waals surface area contributed by atoms with Crippen LogP contribution in [-0.4, -0.2) is 6.61 Å². The third kappa shape index (κ3) is 2.19. The van der Waals surface area contributed by atoms with Crippen molar-refractivity contribution in [2.45, 2.75) is 12.5 Å². The largest absolute Gasteiger partial charge is 0.319 e. The fourth-order valence-corrected chi connectivity index (χ4v) is 2.20. The zero-order chi connectivity index (χ0) is 9.10. The van der Waals surface area contributed by atoms with Crippen molar-refractivity contribution in [1.82, 2.24) is 0 Å². The number of hydrogen-bond donors (Lipinski definition) is 0. The molecule has 2 atom stereocenters. The predicted octanol–water partition coefficient (Wildman–Crippen LogP) is 2.55. The van der Waals surface area contributed by atoms with Crippen LogP contribution in [0.25, 0.3) is 0 Å². The Labute approximate surface area is 77.6 Å². The van der Waals surface area contributed by atoms with E-state index in [1.807, 2.05) is 30.3 Å². The number of benzene rings is 1. The van der Waals surface area contributed by atoms with Crippen molar-refractivity contribution < 1.29 is 13.6 Å². The molecule has 1 heterocycles. The molecule has 0 saturated carbocycles. The van der Waals surface area contributed by atoms with Gasteiger partial charge in [-0.15, -0.1) is 0 Å². The predicted molar refractivity (Wildman–Crippen MR) is 49.8 cm³/mol. The molecule has 1 saturated heterocycles. The molecule has 70 valence electrons. The van der Waals surface area contributed by atoms with Crippen molar-refractivity contribution in [3.63, 3.8) is 0 Å². The molecule has 4 heteroatoms. The number of hydrogen-bond acceptors (Lipinski definition) is 3. The van der Waals surface area contributed by atoms with Crippen molar-refractivity contribution in [2.24, 2.45) is 0 Å². The van der Waals surface area contributed by atoms with Gasteiger partial charge in [-0.05, 0) is 5.56 Å². The molecule has 1 fully saturated rings. The monoisotopic (exact) mass is 198 g/mol. The van der Waals surface area contributed by atoms with E-state index >= 15 is 0 Å². The molecule has 1 aromatic carbocycles. The second kappa shape index (κ2) is 4.05. The quantitative estimate of drug-likeness (QED) is 0.650.